The molecular weight excluding hydrogens is 735 g/mol. The topological polar surface area (TPSA) is 36.9 Å². The van der Waals surface area contributed by atoms with Crippen molar-refractivity contribution in [2.24, 2.45) is 0 Å². The van der Waals surface area contributed by atoms with Gasteiger partial charge in [-0.05, 0) is 37.1 Å². The van der Waals surface area contributed by atoms with Crippen molar-refractivity contribution in [2.45, 2.75) is 39.8 Å². The van der Waals surface area contributed by atoms with Gasteiger partial charge < -0.3 is 18.9 Å². The van der Waals surface area contributed by atoms with E-state index in [0.717, 1.165) is 56.5 Å². The number of hydrogen-bond donors (Lipinski definition) is 0. The third kappa shape index (κ3) is 10.0. The first-order chi connectivity index (χ1) is 23.4. The summed E-state index contributed by atoms with van der Waals surface area (Å²) in [4.78, 5) is 0. The summed E-state index contributed by atoms with van der Waals surface area (Å²) in [5.74, 6) is 3.28. The molecule has 48 heavy (non-hydrogen) atoms. The van der Waals surface area contributed by atoms with E-state index >= 15 is 0 Å². The molecule has 0 fully saturated rings. The summed E-state index contributed by atoms with van der Waals surface area (Å²) in [7, 11) is 17.7. The van der Waals surface area contributed by atoms with Crippen molar-refractivity contribution >= 4 is 48.1 Å². The first-order valence-electron chi connectivity index (χ1n) is 15.7. The first-order valence-corrected chi connectivity index (χ1v) is 24.1. The molecule has 0 aromatic heterocycles. The second-order valence-electron chi connectivity index (χ2n) is 10.8. The Balaban J connectivity index is 0.000000224. The quantitative estimate of drug-likeness (QED) is 0.114. The predicted molar refractivity (Wildman–Crippen MR) is 204 cm³/mol. The number of halogens is 2. The van der Waals surface area contributed by atoms with Gasteiger partial charge in [0, 0.05) is 32.8 Å². The van der Waals surface area contributed by atoms with Crippen molar-refractivity contribution in [3.05, 3.63) is 108 Å². The summed E-state index contributed by atoms with van der Waals surface area (Å²) in [5, 5.41) is 5.11. The van der Waals surface area contributed by atoms with E-state index in [1.54, 1.807) is 28.4 Å². The second-order valence-corrected chi connectivity index (χ2v) is 15.5. The predicted octanol–water partition coefficient (Wildman–Crippen LogP) is 11.8. The molecule has 0 N–H and O–H groups in total. The molecule has 6 aromatic carbocycles. The molecule has 0 atom stereocenters. The molecule has 0 unspecified atom stereocenters. The van der Waals surface area contributed by atoms with Crippen LogP contribution in [0.4, 0.5) is 0 Å². The van der Waals surface area contributed by atoms with E-state index in [1.807, 2.05) is 24.3 Å². The van der Waals surface area contributed by atoms with E-state index in [-0.39, 0.29) is 0 Å². The fraction of sp³-hybridized carbons (Fsp3) is 0.250. The van der Waals surface area contributed by atoms with Crippen LogP contribution in [-0.2, 0) is 33.7 Å². The number of hydrogen-bond acceptors (Lipinski definition) is 4. The van der Waals surface area contributed by atoms with Gasteiger partial charge in [0.25, 0.3) is 0 Å². The Morgan fingerprint density at radius 1 is 0.562 bits per heavy atom. The van der Waals surface area contributed by atoms with Crippen LogP contribution in [0.15, 0.2) is 97.1 Å². The van der Waals surface area contributed by atoms with Crippen molar-refractivity contribution in [2.75, 3.05) is 28.4 Å². The summed E-state index contributed by atoms with van der Waals surface area (Å²) in [6.07, 6.45) is 2.10. The van der Waals surface area contributed by atoms with E-state index in [0.29, 0.717) is 0 Å². The van der Waals surface area contributed by atoms with Crippen LogP contribution in [0.1, 0.15) is 25.0 Å². The Labute approximate surface area is 307 Å². The minimum atomic E-state index is -0.826. The number of rotatable bonds is 8. The van der Waals surface area contributed by atoms with E-state index in [1.165, 1.54) is 43.8 Å². The van der Waals surface area contributed by atoms with Crippen molar-refractivity contribution in [3.8, 4) is 45.3 Å². The maximum absolute atomic E-state index is 5.54. The van der Waals surface area contributed by atoms with Crippen molar-refractivity contribution in [3.63, 3.8) is 0 Å². The van der Waals surface area contributed by atoms with Crippen molar-refractivity contribution in [1.29, 1.82) is 0 Å². The van der Waals surface area contributed by atoms with Crippen LogP contribution in [0.5, 0.6) is 23.0 Å². The molecule has 0 amide bonds. The zero-order valence-electron chi connectivity index (χ0n) is 29.0. The van der Waals surface area contributed by atoms with Gasteiger partial charge in [-0.15, -0.1) is 69.1 Å². The molecule has 0 aliphatic carbocycles. The van der Waals surface area contributed by atoms with Gasteiger partial charge in [0.05, 0.1) is 28.4 Å². The van der Waals surface area contributed by atoms with E-state index in [9.17, 15) is 0 Å². The number of methoxy groups -OCH3 is 4. The Morgan fingerprint density at radius 2 is 0.938 bits per heavy atom. The number of aryl methyl sites for hydroxylation is 2. The molecule has 0 bridgehead atoms. The van der Waals surface area contributed by atoms with Gasteiger partial charge in [0.15, 0.2) is 0 Å². The third-order valence-corrected chi connectivity index (χ3v) is 7.84. The van der Waals surface area contributed by atoms with E-state index in [4.69, 9.17) is 36.0 Å². The molecule has 6 rings (SSSR count). The summed E-state index contributed by atoms with van der Waals surface area (Å²) in [5.41, 5.74) is 7.32. The summed E-state index contributed by atoms with van der Waals surface area (Å²) in [6.45, 7) is 8.67. The van der Waals surface area contributed by atoms with Crippen molar-refractivity contribution < 1.29 is 39.8 Å². The molecule has 0 heterocycles. The molecule has 0 spiro atoms. The Bertz CT molecular complexity index is 1730. The van der Waals surface area contributed by atoms with Crippen molar-refractivity contribution in [1.82, 2.24) is 0 Å². The van der Waals surface area contributed by atoms with Gasteiger partial charge in [-0.25, -0.2) is 0 Å². The summed E-state index contributed by atoms with van der Waals surface area (Å²) < 4.78 is 21.6. The van der Waals surface area contributed by atoms with Crippen LogP contribution in [0.25, 0.3) is 43.8 Å². The molecule has 0 aliphatic heterocycles. The number of benzene rings is 4. The molecule has 0 aliphatic rings. The van der Waals surface area contributed by atoms with Gasteiger partial charge in [0.2, 0.25) is 0 Å². The van der Waals surface area contributed by atoms with Gasteiger partial charge >= 0.3 is 37.9 Å². The van der Waals surface area contributed by atoms with Crippen LogP contribution in [0, 0.1) is 0 Å². The molecule has 0 saturated carbocycles. The number of fused-ring (bicyclic) bond motifs is 2. The molecule has 8 heteroatoms. The Morgan fingerprint density at radius 3 is 1.25 bits per heavy atom. The normalized spacial score (nSPS) is 10.0. The third-order valence-electron chi connectivity index (χ3n) is 7.84. The number of ether oxygens (including phenoxy) is 4. The van der Waals surface area contributed by atoms with E-state index in [2.05, 4.69) is 99.7 Å². The van der Waals surface area contributed by atoms with E-state index < -0.39 is 20.8 Å². The monoisotopic (exact) mass is 776 g/mol. The van der Waals surface area contributed by atoms with Gasteiger partial charge in [-0.2, -0.15) is 12.1 Å². The average Bonchev–Trinajstić information content (AvgIpc) is 3.76. The molecule has 4 nitrogen and oxygen atoms in total. The fourth-order valence-electron chi connectivity index (χ4n) is 5.51. The average molecular weight is 779 g/mol. The van der Waals surface area contributed by atoms with Gasteiger partial charge in [-0.3, -0.25) is 0 Å². The van der Waals surface area contributed by atoms with Crippen LogP contribution in [0.3, 0.4) is 0 Å². The molecule has 0 saturated heterocycles. The van der Waals surface area contributed by atoms with Gasteiger partial charge in [0.1, 0.15) is 23.0 Å². The standard InChI is InChI=1S/2C19H19O2.C2H6Si.2ClH.Zr/c2*1-4-13-10-14-6-5-7-16(18(14)11-13)17-9-8-15(20-2)12-19(17)21-3;1-3-2;;;/h2*5-12H,4H2,1-3H3;1-2H3;2*1H;/q2*-1;;;;+4/p-2. The fourth-order valence-corrected chi connectivity index (χ4v) is 5.51. The van der Waals surface area contributed by atoms with Crippen LogP contribution in [0.2, 0.25) is 13.1 Å². The second kappa shape index (κ2) is 20.5. The molecule has 250 valence electrons. The maximum atomic E-state index is 5.54. The minimum absolute atomic E-state index is 0.805. The van der Waals surface area contributed by atoms with Crippen LogP contribution < -0.4 is 18.9 Å². The SMILES string of the molecule is CCc1cc2c(-c3ccc(OC)cc3OC)cccc2[cH-]1.CCc1cc2c(-c3ccc(OC)cc3OC)cccc2[cH-]1.C[Si]C.[Cl][Zr+2][Cl]. The molecule has 2 radical (unpaired) electrons. The van der Waals surface area contributed by atoms with Gasteiger partial charge in [-0.1, -0.05) is 50.2 Å². The first kappa shape index (κ1) is 39.4. The molecule has 6 aromatic rings. The summed E-state index contributed by atoms with van der Waals surface area (Å²) in [6, 6.07) is 33.8. The summed E-state index contributed by atoms with van der Waals surface area (Å²) >= 11 is -0.826. The van der Waals surface area contributed by atoms with Crippen LogP contribution >= 0.6 is 17.0 Å². The zero-order chi connectivity index (χ0) is 35.1. The Kier molecular flexibility index (Phi) is 16.8. The zero-order valence-corrected chi connectivity index (χ0v) is 34.0. The Hall–Kier alpha value is -3.02. The van der Waals surface area contributed by atoms with Crippen LogP contribution in [-0.4, -0.2) is 38.0 Å². The molecular formula is C40H44Cl2O4SiZr.